The molecule has 0 aliphatic carbocycles. The number of hydrogen-bond acceptors (Lipinski definition) is 6. The molecule has 480 valence electrons. The third-order valence-electron chi connectivity index (χ3n) is 15.9. The summed E-state index contributed by atoms with van der Waals surface area (Å²) in [4.78, 5) is 38.4. The molecule has 0 fully saturated rings. The summed E-state index contributed by atoms with van der Waals surface area (Å²) < 4.78 is 16.9. The third kappa shape index (κ3) is 69.3. The topological polar surface area (TPSA) is 78.9 Å². The highest BCUT2D eigenvalue weighted by Gasteiger charge is 2.19. The first-order valence-electron chi connectivity index (χ1n) is 36.1. The Kier molecular flexibility index (Phi) is 68.2. The normalized spacial score (nSPS) is 12.6. The zero-order chi connectivity index (χ0) is 59.9. The van der Waals surface area contributed by atoms with E-state index in [0.717, 1.165) is 116 Å². The molecule has 0 aromatic heterocycles. The Morgan fingerprint density at radius 1 is 0.253 bits per heavy atom. The zero-order valence-electron chi connectivity index (χ0n) is 55.2. The lowest BCUT2D eigenvalue weighted by molar-refractivity contribution is -0.167. The van der Waals surface area contributed by atoms with Gasteiger partial charge in [0.25, 0.3) is 0 Å². The molecule has 0 amide bonds. The lowest BCUT2D eigenvalue weighted by atomic mass is 10.0. The van der Waals surface area contributed by atoms with Crippen molar-refractivity contribution in [3.63, 3.8) is 0 Å². The van der Waals surface area contributed by atoms with Crippen molar-refractivity contribution in [2.75, 3.05) is 13.2 Å². The van der Waals surface area contributed by atoms with Crippen LogP contribution in [0.3, 0.4) is 0 Å². The van der Waals surface area contributed by atoms with Crippen LogP contribution in [0.1, 0.15) is 367 Å². The van der Waals surface area contributed by atoms with Crippen LogP contribution in [0.25, 0.3) is 0 Å². The van der Waals surface area contributed by atoms with Crippen LogP contribution in [0.5, 0.6) is 0 Å². The number of carbonyl (C=O) groups excluding carboxylic acids is 3. The van der Waals surface area contributed by atoms with Crippen LogP contribution < -0.4 is 0 Å². The number of rotatable bonds is 66. The van der Waals surface area contributed by atoms with Crippen LogP contribution in [0.15, 0.2) is 85.1 Å². The van der Waals surface area contributed by atoms with E-state index in [1.54, 1.807) is 0 Å². The zero-order valence-corrected chi connectivity index (χ0v) is 55.2. The first kappa shape index (κ1) is 79.6. The second kappa shape index (κ2) is 71.1. The van der Waals surface area contributed by atoms with Crippen LogP contribution in [0.4, 0.5) is 0 Å². The van der Waals surface area contributed by atoms with Gasteiger partial charge in [0, 0.05) is 19.3 Å². The molecule has 0 aromatic carbocycles. The van der Waals surface area contributed by atoms with E-state index >= 15 is 0 Å². The molecule has 0 N–H and O–H groups in total. The smallest absolute Gasteiger partial charge is 0.306 e. The predicted octanol–water partition coefficient (Wildman–Crippen LogP) is 25.0. The molecule has 0 saturated heterocycles. The van der Waals surface area contributed by atoms with Gasteiger partial charge < -0.3 is 14.2 Å². The van der Waals surface area contributed by atoms with Gasteiger partial charge >= 0.3 is 17.9 Å². The molecule has 0 heterocycles. The van der Waals surface area contributed by atoms with Crippen LogP contribution in [-0.4, -0.2) is 37.2 Å². The monoisotopic (exact) mass is 1160 g/mol. The molecule has 0 bridgehead atoms. The number of unbranched alkanes of at least 4 members (excludes halogenated alkanes) is 41. The van der Waals surface area contributed by atoms with Crippen molar-refractivity contribution < 1.29 is 28.6 Å². The molecule has 1 unspecified atom stereocenters. The third-order valence-corrected chi connectivity index (χ3v) is 15.9. The number of hydrogen-bond donors (Lipinski definition) is 0. The molecule has 0 saturated carbocycles. The average Bonchev–Trinajstić information content (AvgIpc) is 3.49. The Bertz CT molecular complexity index is 1570. The number of esters is 3. The molecule has 0 spiro atoms. The van der Waals surface area contributed by atoms with Crippen molar-refractivity contribution in [3.05, 3.63) is 85.1 Å². The van der Waals surface area contributed by atoms with Gasteiger partial charge in [-0.2, -0.15) is 0 Å². The number of carbonyl (C=O) groups is 3. The van der Waals surface area contributed by atoms with Crippen molar-refractivity contribution in [2.24, 2.45) is 0 Å². The molecule has 1 atom stereocenters. The maximum atomic E-state index is 12.9. The van der Waals surface area contributed by atoms with Crippen molar-refractivity contribution in [2.45, 2.75) is 374 Å². The fraction of sp³-hybridized carbons (Fsp3) is 0.779. The molecular formula is C77H136O6. The van der Waals surface area contributed by atoms with Crippen LogP contribution in [-0.2, 0) is 28.6 Å². The predicted molar refractivity (Wildman–Crippen MR) is 362 cm³/mol. The summed E-state index contributed by atoms with van der Waals surface area (Å²) in [6.07, 6.45) is 95.0. The molecule has 83 heavy (non-hydrogen) atoms. The molecule has 6 heteroatoms. The summed E-state index contributed by atoms with van der Waals surface area (Å²) in [5.41, 5.74) is 0. The van der Waals surface area contributed by atoms with E-state index in [4.69, 9.17) is 14.2 Å². The Morgan fingerprint density at radius 2 is 0.470 bits per heavy atom. The summed E-state index contributed by atoms with van der Waals surface area (Å²) in [7, 11) is 0. The van der Waals surface area contributed by atoms with E-state index in [9.17, 15) is 14.4 Å². The summed E-state index contributed by atoms with van der Waals surface area (Å²) in [5, 5.41) is 0. The van der Waals surface area contributed by atoms with Crippen molar-refractivity contribution in [1.29, 1.82) is 0 Å². The Labute approximate surface area is 515 Å². The Morgan fingerprint density at radius 3 is 0.747 bits per heavy atom. The van der Waals surface area contributed by atoms with E-state index in [1.807, 2.05) is 0 Å². The van der Waals surface area contributed by atoms with Gasteiger partial charge in [0.2, 0.25) is 0 Å². The van der Waals surface area contributed by atoms with Gasteiger partial charge in [0.15, 0.2) is 6.10 Å². The van der Waals surface area contributed by atoms with E-state index < -0.39 is 6.10 Å². The van der Waals surface area contributed by atoms with E-state index in [-0.39, 0.29) is 31.1 Å². The second-order valence-electron chi connectivity index (χ2n) is 24.1. The Hall–Kier alpha value is -3.41. The van der Waals surface area contributed by atoms with Gasteiger partial charge in [-0.15, -0.1) is 0 Å². The molecule has 0 rings (SSSR count). The summed E-state index contributed by atoms with van der Waals surface area (Å²) in [5.74, 6) is -0.908. The van der Waals surface area contributed by atoms with Gasteiger partial charge in [-0.05, 0) is 89.9 Å². The molecule has 6 nitrogen and oxygen atoms in total. The maximum absolute atomic E-state index is 12.9. The maximum Gasteiger partial charge on any atom is 0.306 e. The first-order valence-corrected chi connectivity index (χ1v) is 36.1. The van der Waals surface area contributed by atoms with Gasteiger partial charge in [-0.3, -0.25) is 14.4 Å². The summed E-state index contributed by atoms with van der Waals surface area (Å²) >= 11 is 0. The summed E-state index contributed by atoms with van der Waals surface area (Å²) in [6.45, 7) is 6.43. The second-order valence-corrected chi connectivity index (χ2v) is 24.1. The van der Waals surface area contributed by atoms with Crippen LogP contribution in [0, 0.1) is 0 Å². The molecular weight excluding hydrogens is 1020 g/mol. The highest BCUT2D eigenvalue weighted by Crippen LogP contribution is 2.18. The minimum Gasteiger partial charge on any atom is -0.462 e. The molecule has 0 aliphatic heterocycles. The fourth-order valence-electron chi connectivity index (χ4n) is 10.6. The molecule has 0 aliphatic rings. The Balaban J connectivity index is 4.20. The van der Waals surface area contributed by atoms with Gasteiger partial charge in [0.05, 0.1) is 0 Å². The van der Waals surface area contributed by atoms with Crippen LogP contribution in [0.2, 0.25) is 0 Å². The van der Waals surface area contributed by atoms with E-state index in [0.29, 0.717) is 19.3 Å². The quantitative estimate of drug-likeness (QED) is 0.0261. The first-order chi connectivity index (χ1) is 41.0. The highest BCUT2D eigenvalue weighted by molar-refractivity contribution is 5.71. The standard InChI is InChI=1S/C77H136O6/c1-4-7-10-13-16-19-22-25-27-29-31-33-34-35-36-37-38-39-40-41-42-44-45-47-49-52-55-58-61-64-67-70-76(79)82-73-74(72-81-75(78)69-66-63-60-57-54-51-24-21-18-15-12-9-6-3)83-77(80)71-68-65-62-59-56-53-50-48-46-43-32-30-28-26-23-20-17-14-11-8-5-2/h8-9,11-12,17-18,20-21,26,28,32,43,51,54,74H,4-7,10,13-16,19,22-25,27,29-31,33-42,44-50,52-53,55-73H2,1-3H3/b11-8-,12-9-,20-17-,21-18-,28-26-,43-32-,54-51-. The minimum atomic E-state index is -0.794. The summed E-state index contributed by atoms with van der Waals surface area (Å²) in [6, 6.07) is 0. The lowest BCUT2D eigenvalue weighted by Crippen LogP contribution is -2.30. The average molecular weight is 1160 g/mol. The van der Waals surface area contributed by atoms with Crippen molar-refractivity contribution in [1.82, 2.24) is 0 Å². The SMILES string of the molecule is CC/C=C\C/C=C\C/C=C\C/C=C\CCCCCCCCCCC(=O)OC(COC(=O)CCCCC/C=C\C/C=C\C/C=C\CC)COC(=O)CCCCCCCCCCCCCCCCCCCCCCCCCCCCCCCCC. The van der Waals surface area contributed by atoms with E-state index in [2.05, 4.69) is 106 Å². The highest BCUT2D eigenvalue weighted by atomic mass is 16.6. The van der Waals surface area contributed by atoms with Crippen LogP contribution >= 0.6 is 0 Å². The van der Waals surface area contributed by atoms with Gasteiger partial charge in [-0.1, -0.05) is 343 Å². The van der Waals surface area contributed by atoms with Gasteiger partial charge in [-0.25, -0.2) is 0 Å². The molecule has 0 radical (unpaired) electrons. The molecule has 0 aromatic rings. The van der Waals surface area contributed by atoms with Crippen molar-refractivity contribution in [3.8, 4) is 0 Å². The van der Waals surface area contributed by atoms with Crippen molar-refractivity contribution >= 4 is 17.9 Å². The van der Waals surface area contributed by atoms with E-state index in [1.165, 1.54) is 212 Å². The fourth-order valence-corrected chi connectivity index (χ4v) is 10.6. The lowest BCUT2D eigenvalue weighted by Gasteiger charge is -2.18. The largest absolute Gasteiger partial charge is 0.462 e. The number of allylic oxidation sites excluding steroid dienone is 14. The van der Waals surface area contributed by atoms with Gasteiger partial charge in [0.1, 0.15) is 13.2 Å². The number of ether oxygens (including phenoxy) is 3. The minimum absolute atomic E-state index is 0.0866.